The lowest BCUT2D eigenvalue weighted by atomic mass is 10.1. The molecule has 4 nitrogen and oxygen atoms in total. The number of nitrogens with one attached hydrogen (secondary N) is 2. The molecule has 0 spiro atoms. The Labute approximate surface area is 87.8 Å². The molecule has 0 aromatic heterocycles. The van der Waals surface area contributed by atoms with Gasteiger partial charge >= 0.3 is 0 Å². The van der Waals surface area contributed by atoms with Gasteiger partial charge < -0.3 is 22.1 Å². The molecule has 14 heavy (non-hydrogen) atoms. The highest BCUT2D eigenvalue weighted by Gasteiger charge is 1.97. The van der Waals surface area contributed by atoms with Gasteiger partial charge in [0.1, 0.15) is 0 Å². The van der Waals surface area contributed by atoms with Crippen molar-refractivity contribution in [2.24, 2.45) is 17.4 Å². The molecule has 0 aromatic carbocycles. The number of hydrogen-bond acceptors (Lipinski definition) is 4. The average molecular weight is 202 g/mol. The third-order valence-corrected chi connectivity index (χ3v) is 2.26. The van der Waals surface area contributed by atoms with Crippen molar-refractivity contribution in [3.63, 3.8) is 0 Å². The highest BCUT2D eigenvalue weighted by Crippen LogP contribution is 2.01. The minimum Gasteiger partial charge on any atom is -0.330 e. The van der Waals surface area contributed by atoms with Crippen LogP contribution >= 0.6 is 0 Å². The fourth-order valence-corrected chi connectivity index (χ4v) is 1.19. The fraction of sp³-hybridized carbons (Fsp3) is 1.00. The van der Waals surface area contributed by atoms with Crippen LogP contribution in [0.3, 0.4) is 0 Å². The van der Waals surface area contributed by atoms with Crippen LogP contribution in [0.25, 0.3) is 0 Å². The lowest BCUT2D eigenvalue weighted by Crippen LogP contribution is -2.31. The summed E-state index contributed by atoms with van der Waals surface area (Å²) in [6, 6.07) is 0. The first-order valence-electron chi connectivity index (χ1n) is 5.62. The summed E-state index contributed by atoms with van der Waals surface area (Å²) in [7, 11) is 0. The molecule has 1 atom stereocenters. The molecule has 1 unspecified atom stereocenters. The molecule has 0 heterocycles. The molecule has 0 aromatic rings. The minimum atomic E-state index is 0.655. The molecule has 0 aliphatic rings. The molecule has 4 heteroatoms. The van der Waals surface area contributed by atoms with Crippen molar-refractivity contribution in [3.8, 4) is 0 Å². The molecular weight excluding hydrogens is 176 g/mol. The van der Waals surface area contributed by atoms with E-state index in [1.54, 1.807) is 0 Å². The predicted molar refractivity (Wildman–Crippen MR) is 62.0 cm³/mol. The third kappa shape index (κ3) is 9.92. The molecule has 6 N–H and O–H groups in total. The first-order chi connectivity index (χ1) is 6.81. The van der Waals surface area contributed by atoms with E-state index in [1.165, 1.54) is 12.8 Å². The van der Waals surface area contributed by atoms with E-state index in [0.717, 1.165) is 39.3 Å². The topological polar surface area (TPSA) is 76.1 Å². The van der Waals surface area contributed by atoms with Crippen molar-refractivity contribution in [2.45, 2.75) is 26.2 Å². The van der Waals surface area contributed by atoms with Crippen LogP contribution in [-0.2, 0) is 0 Å². The Bertz CT molecular complexity index is 108. The molecule has 0 aliphatic carbocycles. The molecule has 0 aliphatic heterocycles. The zero-order valence-electron chi connectivity index (χ0n) is 9.39. The predicted octanol–water partition coefficient (Wildman–Crippen LogP) is -0.153. The maximum absolute atomic E-state index is 5.52. The van der Waals surface area contributed by atoms with Crippen molar-refractivity contribution < 1.29 is 0 Å². The largest absolute Gasteiger partial charge is 0.330 e. The SMILES string of the molecule is CC(CN)CCCNCNCCCN. The van der Waals surface area contributed by atoms with Crippen LogP contribution in [-0.4, -0.2) is 32.8 Å². The van der Waals surface area contributed by atoms with Crippen LogP contribution < -0.4 is 22.1 Å². The Balaban J connectivity index is 2.92. The van der Waals surface area contributed by atoms with Crippen molar-refractivity contribution >= 4 is 0 Å². The molecule has 0 saturated carbocycles. The highest BCUT2D eigenvalue weighted by molar-refractivity contribution is 4.55. The fourth-order valence-electron chi connectivity index (χ4n) is 1.19. The van der Waals surface area contributed by atoms with E-state index < -0.39 is 0 Å². The van der Waals surface area contributed by atoms with Crippen LogP contribution in [0.15, 0.2) is 0 Å². The van der Waals surface area contributed by atoms with Gasteiger partial charge in [-0.2, -0.15) is 0 Å². The van der Waals surface area contributed by atoms with Gasteiger partial charge in [0.05, 0.1) is 0 Å². The summed E-state index contributed by atoms with van der Waals surface area (Å²) < 4.78 is 0. The average Bonchev–Trinajstić information content (AvgIpc) is 2.21. The quantitative estimate of drug-likeness (QED) is 0.293. The van der Waals surface area contributed by atoms with Crippen molar-refractivity contribution in [1.29, 1.82) is 0 Å². The van der Waals surface area contributed by atoms with E-state index >= 15 is 0 Å². The molecule has 0 amide bonds. The summed E-state index contributed by atoms with van der Waals surface area (Å²) in [5.74, 6) is 0.655. The maximum Gasteiger partial charge on any atom is 0.0454 e. The summed E-state index contributed by atoms with van der Waals surface area (Å²) in [5, 5.41) is 6.60. The van der Waals surface area contributed by atoms with Crippen LogP contribution in [0, 0.1) is 5.92 Å². The monoisotopic (exact) mass is 202 g/mol. The van der Waals surface area contributed by atoms with E-state index in [4.69, 9.17) is 11.5 Å². The van der Waals surface area contributed by atoms with Crippen LogP contribution in [0.5, 0.6) is 0 Å². The Morgan fingerprint density at radius 3 is 2.29 bits per heavy atom. The smallest absolute Gasteiger partial charge is 0.0454 e. The van der Waals surface area contributed by atoms with Crippen molar-refractivity contribution in [3.05, 3.63) is 0 Å². The van der Waals surface area contributed by atoms with Crippen molar-refractivity contribution in [2.75, 3.05) is 32.8 Å². The molecule has 0 fully saturated rings. The third-order valence-electron chi connectivity index (χ3n) is 2.26. The van der Waals surface area contributed by atoms with Gasteiger partial charge in [-0.25, -0.2) is 0 Å². The Hall–Kier alpha value is -0.160. The van der Waals surface area contributed by atoms with Gasteiger partial charge in [0.2, 0.25) is 0 Å². The summed E-state index contributed by atoms with van der Waals surface area (Å²) in [5.41, 5.74) is 10.9. The zero-order chi connectivity index (χ0) is 10.6. The summed E-state index contributed by atoms with van der Waals surface area (Å²) in [6.07, 6.45) is 3.47. The van der Waals surface area contributed by atoms with Gasteiger partial charge in [-0.3, -0.25) is 0 Å². The van der Waals surface area contributed by atoms with Gasteiger partial charge in [-0.15, -0.1) is 0 Å². The minimum absolute atomic E-state index is 0.655. The Morgan fingerprint density at radius 2 is 1.71 bits per heavy atom. The normalized spacial score (nSPS) is 13.1. The van der Waals surface area contributed by atoms with Gasteiger partial charge in [0, 0.05) is 6.67 Å². The second kappa shape index (κ2) is 10.9. The first-order valence-corrected chi connectivity index (χ1v) is 5.62. The molecule has 0 saturated heterocycles. The van der Waals surface area contributed by atoms with Crippen LogP contribution in [0.2, 0.25) is 0 Å². The van der Waals surface area contributed by atoms with Crippen LogP contribution in [0.4, 0.5) is 0 Å². The lowest BCUT2D eigenvalue weighted by Gasteiger charge is -2.09. The second-order valence-corrected chi connectivity index (χ2v) is 3.80. The standard InChI is InChI=1S/C10H26N4/c1-10(8-12)4-2-6-13-9-14-7-3-5-11/h10,13-14H,2-9,11-12H2,1H3. The van der Waals surface area contributed by atoms with E-state index in [-0.39, 0.29) is 0 Å². The van der Waals surface area contributed by atoms with Gasteiger partial charge in [0.15, 0.2) is 0 Å². The lowest BCUT2D eigenvalue weighted by molar-refractivity contribution is 0.488. The summed E-state index contributed by atoms with van der Waals surface area (Å²) in [6.45, 7) is 6.72. The zero-order valence-corrected chi connectivity index (χ0v) is 9.39. The summed E-state index contributed by atoms with van der Waals surface area (Å²) in [4.78, 5) is 0. The van der Waals surface area contributed by atoms with E-state index in [1.807, 2.05) is 0 Å². The van der Waals surface area contributed by atoms with E-state index in [2.05, 4.69) is 17.6 Å². The molecular formula is C10H26N4. The molecule has 0 bridgehead atoms. The van der Waals surface area contributed by atoms with E-state index in [9.17, 15) is 0 Å². The second-order valence-electron chi connectivity index (χ2n) is 3.80. The highest BCUT2D eigenvalue weighted by atomic mass is 15.0. The van der Waals surface area contributed by atoms with Gasteiger partial charge in [-0.05, 0) is 51.4 Å². The maximum atomic E-state index is 5.52. The van der Waals surface area contributed by atoms with E-state index in [0.29, 0.717) is 5.92 Å². The molecule has 0 rings (SSSR count). The molecule has 86 valence electrons. The first kappa shape index (κ1) is 13.8. The number of nitrogens with two attached hydrogens (primary N) is 2. The van der Waals surface area contributed by atoms with Crippen LogP contribution in [0.1, 0.15) is 26.2 Å². The molecule has 0 radical (unpaired) electrons. The number of rotatable bonds is 10. The van der Waals surface area contributed by atoms with Gasteiger partial charge in [-0.1, -0.05) is 6.92 Å². The Morgan fingerprint density at radius 1 is 1.07 bits per heavy atom. The van der Waals surface area contributed by atoms with Crippen molar-refractivity contribution in [1.82, 2.24) is 10.6 Å². The Kier molecular flexibility index (Phi) is 10.8. The summed E-state index contributed by atoms with van der Waals surface area (Å²) >= 11 is 0. The number of hydrogen-bond donors (Lipinski definition) is 4. The van der Waals surface area contributed by atoms with Gasteiger partial charge in [0.25, 0.3) is 0 Å².